The highest BCUT2D eigenvalue weighted by Gasteiger charge is 2.10. The number of nitrogen functional groups attached to an aromatic ring is 2. The highest BCUT2D eigenvalue weighted by molar-refractivity contribution is 6.03. The van der Waals surface area contributed by atoms with Crippen molar-refractivity contribution in [3.63, 3.8) is 0 Å². The predicted octanol–water partition coefficient (Wildman–Crippen LogP) is 3.23. The van der Waals surface area contributed by atoms with Gasteiger partial charge in [0.2, 0.25) is 0 Å². The summed E-state index contributed by atoms with van der Waals surface area (Å²) in [6.07, 6.45) is 0.454. The van der Waals surface area contributed by atoms with Gasteiger partial charge in [-0.25, -0.2) is 5.43 Å². The van der Waals surface area contributed by atoms with Crippen LogP contribution in [0.5, 0.6) is 0 Å². The molecule has 3 aromatic rings. The molecule has 5 heteroatoms. The molecule has 0 spiro atoms. The van der Waals surface area contributed by atoms with E-state index in [2.05, 4.69) is 10.5 Å². The van der Waals surface area contributed by atoms with E-state index in [1.54, 1.807) is 24.3 Å². The molecule has 3 aromatic carbocycles. The third kappa shape index (κ3) is 4.27. The second kappa shape index (κ2) is 7.98. The molecule has 0 aromatic heterocycles. The fourth-order valence-electron chi connectivity index (χ4n) is 2.57. The third-order valence-electron chi connectivity index (χ3n) is 3.96. The molecule has 0 radical (unpaired) electrons. The molecule has 5 nitrogen and oxygen atoms in total. The lowest BCUT2D eigenvalue weighted by Crippen LogP contribution is -2.21. The summed E-state index contributed by atoms with van der Waals surface area (Å²) in [5, 5.41) is 4.36. The molecular weight excluding hydrogens is 324 g/mol. The Hall–Kier alpha value is -3.60. The first-order valence-electron chi connectivity index (χ1n) is 8.25. The minimum absolute atomic E-state index is 0.264. The number of hydrogen-bond acceptors (Lipinski definition) is 4. The maximum absolute atomic E-state index is 12.3. The number of hydrazone groups is 1. The summed E-state index contributed by atoms with van der Waals surface area (Å²) in [7, 11) is 0. The second-order valence-corrected chi connectivity index (χ2v) is 5.87. The Morgan fingerprint density at radius 1 is 0.846 bits per heavy atom. The van der Waals surface area contributed by atoms with Gasteiger partial charge in [0.15, 0.2) is 0 Å². The summed E-state index contributed by atoms with van der Waals surface area (Å²) >= 11 is 0. The zero-order valence-electron chi connectivity index (χ0n) is 14.2. The van der Waals surface area contributed by atoms with E-state index in [0.717, 1.165) is 11.1 Å². The van der Waals surface area contributed by atoms with Crippen molar-refractivity contribution in [3.05, 3.63) is 95.6 Å². The lowest BCUT2D eigenvalue weighted by atomic mass is 10.0. The van der Waals surface area contributed by atoms with Crippen LogP contribution < -0.4 is 16.9 Å². The first kappa shape index (κ1) is 17.2. The topological polar surface area (TPSA) is 93.5 Å². The van der Waals surface area contributed by atoms with Gasteiger partial charge in [0.25, 0.3) is 5.91 Å². The largest absolute Gasteiger partial charge is 0.399 e. The number of hydrogen-bond donors (Lipinski definition) is 3. The molecule has 130 valence electrons. The lowest BCUT2D eigenvalue weighted by molar-refractivity contribution is 0.0955. The van der Waals surface area contributed by atoms with Gasteiger partial charge in [0, 0.05) is 23.4 Å². The molecule has 0 bridgehead atoms. The molecule has 0 heterocycles. The number of anilines is 2. The van der Waals surface area contributed by atoms with Crippen molar-refractivity contribution in [3.8, 4) is 0 Å². The van der Waals surface area contributed by atoms with Crippen molar-refractivity contribution in [2.24, 2.45) is 5.10 Å². The molecule has 0 aliphatic rings. The zero-order chi connectivity index (χ0) is 18.4. The van der Waals surface area contributed by atoms with Gasteiger partial charge in [0.05, 0.1) is 5.71 Å². The molecule has 5 N–H and O–H groups in total. The van der Waals surface area contributed by atoms with Crippen molar-refractivity contribution in [1.82, 2.24) is 5.43 Å². The summed E-state index contributed by atoms with van der Waals surface area (Å²) in [4.78, 5) is 12.3. The smallest absolute Gasteiger partial charge is 0.271 e. The maximum atomic E-state index is 12.3. The van der Waals surface area contributed by atoms with E-state index in [4.69, 9.17) is 11.5 Å². The molecule has 3 rings (SSSR count). The number of benzene rings is 3. The Morgan fingerprint density at radius 2 is 1.46 bits per heavy atom. The van der Waals surface area contributed by atoms with Crippen LogP contribution in [0.3, 0.4) is 0 Å². The van der Waals surface area contributed by atoms with Gasteiger partial charge in [-0.15, -0.1) is 0 Å². The van der Waals surface area contributed by atoms with E-state index in [1.807, 2.05) is 54.6 Å². The van der Waals surface area contributed by atoms with Crippen LogP contribution in [-0.4, -0.2) is 11.6 Å². The number of nitrogens with one attached hydrogen (secondary N) is 1. The lowest BCUT2D eigenvalue weighted by Gasteiger charge is -2.11. The highest BCUT2D eigenvalue weighted by Crippen LogP contribution is 2.18. The minimum atomic E-state index is -0.264. The van der Waals surface area contributed by atoms with Crippen molar-refractivity contribution in [1.29, 1.82) is 0 Å². The molecular formula is C21H20N4O. The fourth-order valence-corrected chi connectivity index (χ4v) is 2.57. The molecule has 26 heavy (non-hydrogen) atoms. The van der Waals surface area contributed by atoms with Crippen LogP contribution in [0.2, 0.25) is 0 Å². The summed E-state index contributed by atoms with van der Waals surface area (Å²) in [6.45, 7) is 0. The summed E-state index contributed by atoms with van der Waals surface area (Å²) in [5.41, 5.74) is 18.9. The van der Waals surface area contributed by atoms with Gasteiger partial charge >= 0.3 is 0 Å². The van der Waals surface area contributed by atoms with Crippen molar-refractivity contribution >= 4 is 23.0 Å². The standard InChI is InChI=1S/C21H20N4O/c22-18-11-12-19(23)17(13-18)14-20(15-7-3-1-4-8-15)24-25-21(26)16-9-5-2-6-10-16/h1-13H,14,22-23H2,(H,25,26). The van der Waals surface area contributed by atoms with E-state index >= 15 is 0 Å². The van der Waals surface area contributed by atoms with Crippen LogP contribution >= 0.6 is 0 Å². The number of amides is 1. The molecule has 0 aliphatic heterocycles. The summed E-state index contributed by atoms with van der Waals surface area (Å²) in [6, 6.07) is 24.0. The molecule has 0 saturated heterocycles. The zero-order valence-corrected chi connectivity index (χ0v) is 14.2. The van der Waals surface area contributed by atoms with E-state index in [-0.39, 0.29) is 5.91 Å². The predicted molar refractivity (Wildman–Crippen MR) is 106 cm³/mol. The van der Waals surface area contributed by atoms with Crippen molar-refractivity contribution < 1.29 is 4.79 Å². The van der Waals surface area contributed by atoms with Crippen molar-refractivity contribution in [2.45, 2.75) is 6.42 Å². The second-order valence-electron chi connectivity index (χ2n) is 5.87. The van der Waals surface area contributed by atoms with E-state index in [9.17, 15) is 4.79 Å². The number of nitrogens with two attached hydrogens (primary N) is 2. The Labute approximate surface area is 152 Å². The molecule has 0 aliphatic carbocycles. The average Bonchev–Trinajstić information content (AvgIpc) is 2.69. The van der Waals surface area contributed by atoms with Crippen LogP contribution in [-0.2, 0) is 6.42 Å². The highest BCUT2D eigenvalue weighted by atomic mass is 16.2. The Bertz CT molecular complexity index is 921. The SMILES string of the molecule is Nc1ccc(N)c(CC(=NNC(=O)c2ccccc2)c2ccccc2)c1. The first-order chi connectivity index (χ1) is 12.6. The Kier molecular flexibility index (Phi) is 5.29. The maximum Gasteiger partial charge on any atom is 0.271 e. The first-order valence-corrected chi connectivity index (χ1v) is 8.25. The monoisotopic (exact) mass is 344 g/mol. The Morgan fingerprint density at radius 3 is 2.12 bits per heavy atom. The number of carbonyl (C=O) groups is 1. The van der Waals surface area contributed by atoms with E-state index in [1.165, 1.54) is 0 Å². The van der Waals surface area contributed by atoms with Crippen molar-refractivity contribution in [2.75, 3.05) is 11.5 Å². The van der Waals surface area contributed by atoms with Crippen LogP contribution in [0.15, 0.2) is 84.0 Å². The summed E-state index contributed by atoms with van der Waals surface area (Å²) in [5.74, 6) is -0.264. The van der Waals surface area contributed by atoms with Crippen LogP contribution in [0, 0.1) is 0 Å². The van der Waals surface area contributed by atoms with Crippen LogP contribution in [0.1, 0.15) is 21.5 Å². The van der Waals surface area contributed by atoms with E-state index in [0.29, 0.717) is 29.1 Å². The molecule has 0 atom stereocenters. The third-order valence-corrected chi connectivity index (χ3v) is 3.96. The number of nitrogens with zero attached hydrogens (tertiary/aromatic N) is 1. The quantitative estimate of drug-likeness (QED) is 0.377. The molecule has 0 unspecified atom stereocenters. The Balaban J connectivity index is 1.89. The fraction of sp³-hybridized carbons (Fsp3) is 0.0476. The average molecular weight is 344 g/mol. The minimum Gasteiger partial charge on any atom is -0.399 e. The van der Waals surface area contributed by atoms with Gasteiger partial charge in [-0.2, -0.15) is 5.10 Å². The molecule has 0 fully saturated rings. The van der Waals surface area contributed by atoms with Gasteiger partial charge in [-0.3, -0.25) is 4.79 Å². The van der Waals surface area contributed by atoms with Gasteiger partial charge < -0.3 is 11.5 Å². The van der Waals surface area contributed by atoms with E-state index < -0.39 is 0 Å². The van der Waals surface area contributed by atoms with Crippen LogP contribution in [0.25, 0.3) is 0 Å². The summed E-state index contributed by atoms with van der Waals surface area (Å²) < 4.78 is 0. The molecule has 0 saturated carbocycles. The number of rotatable bonds is 5. The van der Waals surface area contributed by atoms with Crippen LogP contribution in [0.4, 0.5) is 11.4 Å². The van der Waals surface area contributed by atoms with Gasteiger partial charge in [-0.05, 0) is 41.5 Å². The van der Waals surface area contributed by atoms with Gasteiger partial charge in [0.1, 0.15) is 0 Å². The number of carbonyl (C=O) groups excluding carboxylic acids is 1. The van der Waals surface area contributed by atoms with Gasteiger partial charge in [-0.1, -0.05) is 48.5 Å². The normalized spacial score (nSPS) is 11.2. The molecule has 1 amide bonds.